The highest BCUT2D eigenvalue weighted by Crippen LogP contribution is 2.19. The predicted octanol–water partition coefficient (Wildman–Crippen LogP) is 25.0. The molecule has 6 heteroatoms. The van der Waals surface area contributed by atoms with Crippen LogP contribution in [0.2, 0.25) is 0 Å². The average molecular weight is 1180 g/mol. The maximum Gasteiger partial charge on any atom is 0.305 e. The monoisotopic (exact) mass is 1180 g/mol. The van der Waals surface area contributed by atoms with Crippen LogP contribution >= 0.6 is 0 Å². The number of amides is 1. The van der Waals surface area contributed by atoms with Gasteiger partial charge in [-0.05, 0) is 83.5 Å². The SMILES string of the molecule is CCCCCC/C=C\CCCCCCCC(=O)OCCCCCCCCCCC/C=C\C/C=C\CCCCCCCCCCCCCCCCCC(=O)NC(CO)C(O)CCCCCCCCCCCCCCCCCCCCCCCCC. The summed E-state index contributed by atoms with van der Waals surface area (Å²) in [4.78, 5) is 24.6. The number of unbranched alkanes of at least 4 members (excludes halogenated alkanes) is 55. The number of hydrogen-bond acceptors (Lipinski definition) is 5. The zero-order chi connectivity index (χ0) is 60.6. The molecular formula is C78H149NO5. The molecular weight excluding hydrogens is 1030 g/mol. The summed E-state index contributed by atoms with van der Waals surface area (Å²) in [7, 11) is 0. The van der Waals surface area contributed by atoms with E-state index in [0.29, 0.717) is 25.9 Å². The lowest BCUT2D eigenvalue weighted by Gasteiger charge is -2.22. The number of allylic oxidation sites excluding steroid dienone is 6. The molecule has 0 aromatic heterocycles. The molecule has 3 N–H and O–H groups in total. The Bertz CT molecular complexity index is 1360. The largest absolute Gasteiger partial charge is 0.466 e. The van der Waals surface area contributed by atoms with Crippen molar-refractivity contribution < 1.29 is 24.5 Å². The van der Waals surface area contributed by atoms with Crippen molar-refractivity contribution in [2.45, 2.75) is 437 Å². The van der Waals surface area contributed by atoms with Crippen LogP contribution in [0.1, 0.15) is 425 Å². The van der Waals surface area contributed by atoms with Crippen LogP contribution < -0.4 is 5.32 Å². The van der Waals surface area contributed by atoms with Gasteiger partial charge in [0.25, 0.3) is 0 Å². The smallest absolute Gasteiger partial charge is 0.305 e. The quantitative estimate of drug-likeness (QED) is 0.0320. The van der Waals surface area contributed by atoms with Gasteiger partial charge in [0.1, 0.15) is 0 Å². The minimum Gasteiger partial charge on any atom is -0.466 e. The molecule has 496 valence electrons. The van der Waals surface area contributed by atoms with Crippen LogP contribution in [0.15, 0.2) is 36.5 Å². The van der Waals surface area contributed by atoms with Crippen molar-refractivity contribution in [1.29, 1.82) is 0 Å². The van der Waals surface area contributed by atoms with Gasteiger partial charge in [-0.15, -0.1) is 0 Å². The Labute approximate surface area is 525 Å². The van der Waals surface area contributed by atoms with Crippen LogP contribution in [0.4, 0.5) is 0 Å². The molecule has 0 aromatic carbocycles. The Kier molecular flexibility index (Phi) is 71.9. The number of aliphatic hydroxyl groups excluding tert-OH is 2. The first-order valence-electron chi connectivity index (χ1n) is 38.2. The molecule has 0 aliphatic carbocycles. The second-order valence-electron chi connectivity index (χ2n) is 26.3. The molecule has 0 bridgehead atoms. The van der Waals surface area contributed by atoms with Gasteiger partial charge in [-0.2, -0.15) is 0 Å². The number of hydrogen-bond donors (Lipinski definition) is 3. The van der Waals surface area contributed by atoms with E-state index in [-0.39, 0.29) is 18.5 Å². The molecule has 0 saturated heterocycles. The van der Waals surface area contributed by atoms with E-state index >= 15 is 0 Å². The average Bonchev–Trinajstić information content (AvgIpc) is 3.51. The third-order valence-electron chi connectivity index (χ3n) is 17.9. The van der Waals surface area contributed by atoms with Crippen molar-refractivity contribution in [3.05, 3.63) is 36.5 Å². The fourth-order valence-corrected chi connectivity index (χ4v) is 12.1. The number of ether oxygens (including phenoxy) is 1. The van der Waals surface area contributed by atoms with Crippen molar-refractivity contribution >= 4 is 11.9 Å². The molecule has 0 rings (SSSR count). The zero-order valence-corrected chi connectivity index (χ0v) is 56.9. The summed E-state index contributed by atoms with van der Waals surface area (Å²) < 4.78 is 5.48. The Morgan fingerprint density at radius 3 is 0.929 bits per heavy atom. The maximum atomic E-state index is 12.6. The molecule has 2 unspecified atom stereocenters. The van der Waals surface area contributed by atoms with Crippen molar-refractivity contribution in [3.8, 4) is 0 Å². The summed E-state index contributed by atoms with van der Waals surface area (Å²) in [6, 6.07) is -0.543. The Balaban J connectivity index is 3.40. The highest BCUT2D eigenvalue weighted by molar-refractivity contribution is 5.76. The first-order chi connectivity index (χ1) is 41.5. The summed E-state index contributed by atoms with van der Waals surface area (Å²) in [5.74, 6) is -0.0250. The normalized spacial score (nSPS) is 12.7. The van der Waals surface area contributed by atoms with Crippen LogP contribution in [0.5, 0.6) is 0 Å². The molecule has 0 saturated carbocycles. The molecule has 0 fully saturated rings. The fraction of sp³-hybridized carbons (Fsp3) is 0.897. The Hall–Kier alpha value is -1.92. The summed E-state index contributed by atoms with van der Waals surface area (Å²) >= 11 is 0. The summed E-state index contributed by atoms with van der Waals surface area (Å²) in [6.45, 7) is 4.97. The van der Waals surface area contributed by atoms with Crippen LogP contribution in [0.25, 0.3) is 0 Å². The van der Waals surface area contributed by atoms with Gasteiger partial charge in [-0.25, -0.2) is 0 Å². The number of carbonyl (C=O) groups is 2. The fourth-order valence-electron chi connectivity index (χ4n) is 12.1. The summed E-state index contributed by atoms with van der Waals surface area (Å²) in [5, 5.41) is 23.5. The van der Waals surface area contributed by atoms with Crippen molar-refractivity contribution in [3.63, 3.8) is 0 Å². The van der Waals surface area contributed by atoms with E-state index in [2.05, 4.69) is 55.6 Å². The number of aliphatic hydroxyl groups is 2. The van der Waals surface area contributed by atoms with Gasteiger partial charge >= 0.3 is 5.97 Å². The zero-order valence-electron chi connectivity index (χ0n) is 56.9. The van der Waals surface area contributed by atoms with Crippen molar-refractivity contribution in [2.75, 3.05) is 13.2 Å². The van der Waals surface area contributed by atoms with Crippen LogP contribution in [-0.2, 0) is 14.3 Å². The topological polar surface area (TPSA) is 95.9 Å². The Morgan fingerprint density at radius 2 is 0.595 bits per heavy atom. The van der Waals surface area contributed by atoms with E-state index in [0.717, 1.165) is 51.4 Å². The molecule has 2 atom stereocenters. The molecule has 0 aliphatic rings. The number of carbonyl (C=O) groups excluding carboxylic acids is 2. The number of rotatable bonds is 72. The van der Waals surface area contributed by atoms with Gasteiger partial charge in [0, 0.05) is 12.8 Å². The van der Waals surface area contributed by atoms with E-state index in [1.807, 2.05) is 0 Å². The molecule has 0 aliphatic heterocycles. The predicted molar refractivity (Wildman–Crippen MR) is 370 cm³/mol. The van der Waals surface area contributed by atoms with Gasteiger partial charge in [0.05, 0.1) is 25.4 Å². The van der Waals surface area contributed by atoms with E-state index in [1.165, 1.54) is 340 Å². The molecule has 0 radical (unpaired) electrons. The highest BCUT2D eigenvalue weighted by Gasteiger charge is 2.20. The minimum absolute atomic E-state index is 0.00450. The second kappa shape index (κ2) is 73.5. The van der Waals surface area contributed by atoms with Gasteiger partial charge in [0.2, 0.25) is 5.91 Å². The maximum absolute atomic E-state index is 12.6. The lowest BCUT2D eigenvalue weighted by molar-refractivity contribution is -0.143. The first-order valence-corrected chi connectivity index (χ1v) is 38.2. The number of esters is 1. The molecule has 1 amide bonds. The minimum atomic E-state index is -0.666. The molecule has 84 heavy (non-hydrogen) atoms. The lowest BCUT2D eigenvalue weighted by atomic mass is 10.0. The van der Waals surface area contributed by atoms with E-state index in [9.17, 15) is 19.8 Å². The van der Waals surface area contributed by atoms with Crippen molar-refractivity contribution in [1.82, 2.24) is 5.32 Å². The van der Waals surface area contributed by atoms with Gasteiger partial charge in [-0.3, -0.25) is 9.59 Å². The highest BCUT2D eigenvalue weighted by atomic mass is 16.5. The van der Waals surface area contributed by atoms with Crippen LogP contribution in [0, 0.1) is 0 Å². The van der Waals surface area contributed by atoms with Crippen molar-refractivity contribution in [2.24, 2.45) is 0 Å². The van der Waals surface area contributed by atoms with Gasteiger partial charge < -0.3 is 20.3 Å². The molecule has 0 heterocycles. The third kappa shape index (κ3) is 69.2. The molecule has 6 nitrogen and oxygen atoms in total. The van der Waals surface area contributed by atoms with Crippen LogP contribution in [0.3, 0.4) is 0 Å². The van der Waals surface area contributed by atoms with E-state index in [4.69, 9.17) is 4.74 Å². The lowest BCUT2D eigenvalue weighted by Crippen LogP contribution is -2.45. The Morgan fingerprint density at radius 1 is 0.333 bits per heavy atom. The van der Waals surface area contributed by atoms with E-state index in [1.54, 1.807) is 0 Å². The third-order valence-corrected chi connectivity index (χ3v) is 17.9. The summed E-state index contributed by atoms with van der Waals surface area (Å²) in [5.41, 5.74) is 0. The van der Waals surface area contributed by atoms with Crippen LogP contribution in [-0.4, -0.2) is 47.4 Å². The second-order valence-corrected chi connectivity index (χ2v) is 26.3. The molecule has 0 spiro atoms. The standard InChI is InChI=1S/C78H149NO5/c1-3-5-7-9-11-13-15-17-18-19-20-21-31-34-37-40-43-47-50-54-58-62-66-70-76(81)75(74-80)79-77(82)71-67-63-59-55-51-48-44-41-38-35-32-29-27-25-23-22-24-26-28-30-33-36-39-42-45-49-53-57-61-65-69-73-84-78(83)72-68-64-60-56-52-46-16-14-12-10-8-6-4-2/h14,16,24,26,30,33,75-76,80-81H,3-13,15,17-23,25,27-29,31-32,34-74H2,1-2H3,(H,79,82)/b16-14-,26-24-,33-30-. The summed E-state index contributed by atoms with van der Waals surface area (Å²) in [6.07, 6.45) is 95.0. The van der Waals surface area contributed by atoms with Gasteiger partial charge in [0.15, 0.2) is 0 Å². The molecule has 0 aromatic rings. The van der Waals surface area contributed by atoms with E-state index < -0.39 is 12.1 Å². The first kappa shape index (κ1) is 82.1. The van der Waals surface area contributed by atoms with Gasteiger partial charge in [-0.1, -0.05) is 365 Å². The number of nitrogens with one attached hydrogen (secondary N) is 1.